The number of hydrogen-bond acceptors (Lipinski definition) is 2. The van der Waals surface area contributed by atoms with Crippen molar-refractivity contribution in [2.45, 2.75) is 36.5 Å². The first-order valence-electron chi connectivity index (χ1n) is 6.72. The molecule has 0 aromatic heterocycles. The maximum absolute atomic E-state index is 12.7. The summed E-state index contributed by atoms with van der Waals surface area (Å²) in [6.45, 7) is 5.94. The van der Waals surface area contributed by atoms with E-state index in [1.54, 1.807) is 0 Å². The normalized spacial score (nSPS) is 14.8. The number of benzene rings is 2. The largest absolute Gasteiger partial charge is 0.320 e. The molecule has 0 spiro atoms. The van der Waals surface area contributed by atoms with Gasteiger partial charge >= 0.3 is 0 Å². The molecule has 1 unspecified atom stereocenters. The zero-order valence-corrected chi connectivity index (χ0v) is 13.0. The molecule has 0 aliphatic rings. The van der Waals surface area contributed by atoms with Gasteiger partial charge in [0.05, 0.1) is 16.8 Å². The molecule has 0 amide bonds. The monoisotopic (exact) mass is 287 g/mol. The molecule has 2 aromatic rings. The van der Waals surface area contributed by atoms with Crippen LogP contribution in [0.2, 0.25) is 0 Å². The third-order valence-electron chi connectivity index (χ3n) is 3.17. The molecule has 0 saturated carbocycles. The maximum Gasteiger partial charge on any atom is 0.0587 e. The van der Waals surface area contributed by atoms with Crippen LogP contribution in [0.25, 0.3) is 0 Å². The van der Waals surface area contributed by atoms with Crippen LogP contribution in [-0.4, -0.2) is 8.96 Å². The summed E-state index contributed by atoms with van der Waals surface area (Å²) in [7, 11) is -1.09. The second-order valence-electron chi connectivity index (χ2n) is 5.81. The number of nitrogens with two attached hydrogens (primary N) is 1. The first-order valence-corrected chi connectivity index (χ1v) is 7.87. The molecule has 0 aliphatic heterocycles. The van der Waals surface area contributed by atoms with E-state index in [1.165, 1.54) is 0 Å². The molecule has 2 rings (SSSR count). The van der Waals surface area contributed by atoms with Crippen molar-refractivity contribution in [1.29, 1.82) is 0 Å². The molecule has 2 atom stereocenters. The Morgan fingerprint density at radius 3 is 2.10 bits per heavy atom. The molecule has 2 nitrogen and oxygen atoms in total. The quantitative estimate of drug-likeness (QED) is 0.936. The van der Waals surface area contributed by atoms with E-state index in [4.69, 9.17) is 5.73 Å². The summed E-state index contributed by atoms with van der Waals surface area (Å²) in [5.74, 6) is 0. The summed E-state index contributed by atoms with van der Waals surface area (Å²) < 4.78 is 12.4. The van der Waals surface area contributed by atoms with Crippen LogP contribution in [0, 0.1) is 0 Å². The highest BCUT2D eigenvalue weighted by Gasteiger charge is 2.25. The minimum absolute atomic E-state index is 0.251. The summed E-state index contributed by atoms with van der Waals surface area (Å²) in [5.41, 5.74) is 8.33. The van der Waals surface area contributed by atoms with Gasteiger partial charge in [-0.2, -0.15) is 0 Å². The van der Waals surface area contributed by atoms with Crippen molar-refractivity contribution in [2.75, 3.05) is 0 Å². The van der Waals surface area contributed by atoms with Gasteiger partial charge in [-0.05, 0) is 38.0 Å². The summed E-state index contributed by atoms with van der Waals surface area (Å²) in [6.07, 6.45) is 0. The fourth-order valence-electron chi connectivity index (χ4n) is 2.08. The molecule has 3 heteroatoms. The molecule has 2 aromatic carbocycles. The predicted molar refractivity (Wildman–Crippen MR) is 85.1 cm³/mol. The highest BCUT2D eigenvalue weighted by atomic mass is 32.2. The highest BCUT2D eigenvalue weighted by molar-refractivity contribution is 7.86. The average molecular weight is 287 g/mol. The van der Waals surface area contributed by atoms with Crippen LogP contribution < -0.4 is 5.73 Å². The molecule has 0 bridgehead atoms. The van der Waals surface area contributed by atoms with E-state index >= 15 is 0 Å². The molecule has 0 heterocycles. The van der Waals surface area contributed by atoms with Gasteiger partial charge in [0.15, 0.2) is 0 Å². The van der Waals surface area contributed by atoms with Gasteiger partial charge in [0.2, 0.25) is 0 Å². The van der Waals surface area contributed by atoms with Crippen molar-refractivity contribution in [3.05, 3.63) is 65.7 Å². The first-order chi connectivity index (χ1) is 9.41. The first kappa shape index (κ1) is 14.9. The Balaban J connectivity index is 2.46. The van der Waals surface area contributed by atoms with Crippen LogP contribution in [0.5, 0.6) is 0 Å². The van der Waals surface area contributed by atoms with Gasteiger partial charge in [-0.3, -0.25) is 4.21 Å². The molecule has 0 aliphatic carbocycles. The van der Waals surface area contributed by atoms with E-state index in [-0.39, 0.29) is 10.8 Å². The Morgan fingerprint density at radius 2 is 1.50 bits per heavy atom. The third-order valence-corrected chi connectivity index (χ3v) is 5.05. The fourth-order valence-corrected chi connectivity index (χ4v) is 3.35. The van der Waals surface area contributed by atoms with Crippen molar-refractivity contribution in [2.24, 2.45) is 5.73 Å². The molecule has 20 heavy (non-hydrogen) atoms. The average Bonchev–Trinajstić information content (AvgIpc) is 2.45. The molecular formula is C17H21NOS. The maximum atomic E-state index is 12.7. The molecular weight excluding hydrogens is 266 g/mol. The summed E-state index contributed by atoms with van der Waals surface area (Å²) in [4.78, 5) is 0.830. The van der Waals surface area contributed by atoms with Crippen LogP contribution in [0.4, 0.5) is 0 Å². The summed E-state index contributed by atoms with van der Waals surface area (Å²) in [5, 5.41) is 0. The third kappa shape index (κ3) is 3.17. The van der Waals surface area contributed by atoms with Crippen LogP contribution in [-0.2, 0) is 10.8 Å². The van der Waals surface area contributed by atoms with Crippen LogP contribution in [0.1, 0.15) is 37.9 Å². The minimum Gasteiger partial charge on any atom is -0.320 e. The van der Waals surface area contributed by atoms with E-state index in [0.717, 1.165) is 16.0 Å². The Kier molecular flexibility index (Phi) is 4.41. The topological polar surface area (TPSA) is 43.1 Å². The van der Waals surface area contributed by atoms with Gasteiger partial charge in [0.25, 0.3) is 0 Å². The van der Waals surface area contributed by atoms with Gasteiger partial charge in [-0.1, -0.05) is 48.5 Å². The SMILES string of the molecule is CC(C)(C)S(=O)c1ccccc1[C@@H](N)c1ccccc1. The smallest absolute Gasteiger partial charge is 0.0587 e. The standard InChI is InChI=1S/C17H21NOS/c1-17(2,3)20(19)15-12-8-7-11-14(15)16(18)13-9-5-4-6-10-13/h4-12,16H,18H2,1-3H3/t16-,20?/m0/s1. The van der Waals surface area contributed by atoms with Crippen molar-refractivity contribution < 1.29 is 4.21 Å². The van der Waals surface area contributed by atoms with Gasteiger partial charge in [-0.15, -0.1) is 0 Å². The van der Waals surface area contributed by atoms with Crippen molar-refractivity contribution in [3.63, 3.8) is 0 Å². The van der Waals surface area contributed by atoms with E-state index in [0.29, 0.717) is 0 Å². The fraction of sp³-hybridized carbons (Fsp3) is 0.294. The lowest BCUT2D eigenvalue weighted by Gasteiger charge is -2.22. The Hall–Kier alpha value is -1.45. The summed E-state index contributed by atoms with van der Waals surface area (Å²) >= 11 is 0. The second-order valence-corrected chi connectivity index (χ2v) is 8.01. The Labute approximate surface area is 123 Å². The predicted octanol–water partition coefficient (Wildman–Crippen LogP) is 3.64. The van der Waals surface area contributed by atoms with Gasteiger partial charge < -0.3 is 5.73 Å². The molecule has 0 fully saturated rings. The van der Waals surface area contributed by atoms with Gasteiger partial charge in [0, 0.05) is 9.64 Å². The van der Waals surface area contributed by atoms with Crippen LogP contribution in [0.3, 0.4) is 0 Å². The van der Waals surface area contributed by atoms with Gasteiger partial charge in [-0.25, -0.2) is 0 Å². The Morgan fingerprint density at radius 1 is 0.950 bits per heavy atom. The second kappa shape index (κ2) is 5.90. The zero-order chi connectivity index (χ0) is 14.8. The van der Waals surface area contributed by atoms with Crippen molar-refractivity contribution in [3.8, 4) is 0 Å². The lowest BCUT2D eigenvalue weighted by molar-refractivity contribution is 0.646. The molecule has 0 saturated heterocycles. The number of rotatable bonds is 3. The van der Waals surface area contributed by atoms with Crippen LogP contribution >= 0.6 is 0 Å². The molecule has 0 radical (unpaired) electrons. The lowest BCUT2D eigenvalue weighted by Crippen LogP contribution is -2.24. The van der Waals surface area contributed by atoms with E-state index in [9.17, 15) is 4.21 Å². The van der Waals surface area contributed by atoms with Crippen LogP contribution in [0.15, 0.2) is 59.5 Å². The van der Waals surface area contributed by atoms with E-state index in [2.05, 4.69) is 0 Å². The highest BCUT2D eigenvalue weighted by Crippen LogP contribution is 2.29. The van der Waals surface area contributed by atoms with E-state index < -0.39 is 10.8 Å². The van der Waals surface area contributed by atoms with Gasteiger partial charge in [0.1, 0.15) is 0 Å². The van der Waals surface area contributed by atoms with Crippen molar-refractivity contribution >= 4 is 10.8 Å². The Bertz CT molecular complexity index is 602. The minimum atomic E-state index is -1.09. The lowest BCUT2D eigenvalue weighted by atomic mass is 10.00. The molecule has 2 N–H and O–H groups in total. The zero-order valence-electron chi connectivity index (χ0n) is 12.2. The number of hydrogen-bond donors (Lipinski definition) is 1. The van der Waals surface area contributed by atoms with Crippen molar-refractivity contribution in [1.82, 2.24) is 0 Å². The molecule has 106 valence electrons. The summed E-state index contributed by atoms with van der Waals surface area (Å²) in [6, 6.07) is 17.4. The van der Waals surface area contributed by atoms with E-state index in [1.807, 2.05) is 75.4 Å².